The van der Waals surface area contributed by atoms with E-state index in [9.17, 15) is 28.8 Å². The molecule has 1 saturated heterocycles. The number of aromatic nitrogens is 4. The van der Waals surface area contributed by atoms with E-state index in [1.807, 2.05) is 0 Å². The molecule has 0 aromatic carbocycles. The predicted octanol–water partition coefficient (Wildman–Crippen LogP) is -10.3. The van der Waals surface area contributed by atoms with E-state index in [0.717, 1.165) is 6.33 Å². The number of aliphatic hydroxyl groups is 2. The van der Waals surface area contributed by atoms with Crippen molar-refractivity contribution in [1.29, 1.82) is 0 Å². The van der Waals surface area contributed by atoms with Crippen LogP contribution in [0, 0.1) is 0 Å². The molecule has 1 fully saturated rings. The molecule has 0 aliphatic carbocycles. The van der Waals surface area contributed by atoms with Crippen LogP contribution in [-0.4, -0.2) is 74.2 Å². The Labute approximate surface area is 261 Å². The van der Waals surface area contributed by atoms with Gasteiger partial charge in [0.25, 0.3) is 0 Å². The standard InChI is InChI=1S/C10H16N5O13P3.3Na.3H/c11-8-5-9(13-2-12-8)15(3-14-5)10-7(17)6(16)4(26-10)1-25-30(21,22)28-31(23,24)27-29(18,19)20;;;;;;/h2-4,6-7,10,16-17H,1H2,(H,21,22)(H,23,24)(H2,11,12,13)(H2,18,19,20);;;;;;/q;3*+1;3*-1/t4-,6-,7-,10-;;;;;;/m1....../s1. The normalized spacial score (nSPS) is 25.9. The number of rotatable bonds is 8. The fourth-order valence-electron chi connectivity index (χ4n) is 2.62. The molecule has 180 valence electrons. The van der Waals surface area contributed by atoms with Gasteiger partial charge >= 0.3 is 112 Å². The summed E-state index contributed by atoms with van der Waals surface area (Å²) in [6.45, 7) is -0.956. The van der Waals surface area contributed by atoms with Crippen LogP contribution >= 0.6 is 23.5 Å². The minimum absolute atomic E-state index is 0. The van der Waals surface area contributed by atoms with Crippen LogP contribution in [0.1, 0.15) is 10.5 Å². The number of imidazole rings is 1. The van der Waals surface area contributed by atoms with Crippen LogP contribution < -0.4 is 94.4 Å². The van der Waals surface area contributed by atoms with Gasteiger partial charge in [0.2, 0.25) is 0 Å². The van der Waals surface area contributed by atoms with Crippen molar-refractivity contribution in [3.8, 4) is 0 Å². The van der Waals surface area contributed by atoms with Crippen LogP contribution in [0.15, 0.2) is 12.7 Å². The molecule has 6 atom stereocenters. The fourth-order valence-corrected chi connectivity index (χ4v) is 5.65. The number of ether oxygens (including phenoxy) is 1. The summed E-state index contributed by atoms with van der Waals surface area (Å²) in [4.78, 5) is 47.2. The number of phosphoric acid groups is 3. The largest absolute Gasteiger partial charge is 1.00 e. The van der Waals surface area contributed by atoms with Crippen molar-refractivity contribution in [3.05, 3.63) is 12.7 Å². The molecule has 2 unspecified atom stereocenters. The van der Waals surface area contributed by atoms with E-state index in [1.165, 1.54) is 10.9 Å². The maximum Gasteiger partial charge on any atom is 1.00 e. The van der Waals surface area contributed by atoms with Gasteiger partial charge < -0.3 is 44.5 Å². The molecule has 0 spiro atoms. The molecule has 3 rings (SSSR count). The SMILES string of the molecule is Nc1ncnc2c1ncn2[C@@H]1O[C@H](COP(=O)(O)OP(=O)(O)OP(=O)(O)O)[C@@H](O)[C@H]1O.[H-].[H-].[H-].[Na+].[Na+].[Na+]. The van der Waals surface area contributed by atoms with Crippen LogP contribution in [0.5, 0.6) is 0 Å². The topological polar surface area (TPSA) is 279 Å². The first-order valence-corrected chi connectivity index (χ1v) is 12.4. The van der Waals surface area contributed by atoms with Crippen molar-refractivity contribution >= 4 is 40.4 Å². The third-order valence-corrected chi connectivity index (χ3v) is 7.62. The van der Waals surface area contributed by atoms with Crippen LogP contribution in [0.25, 0.3) is 11.2 Å². The summed E-state index contributed by atoms with van der Waals surface area (Å²) in [5, 5.41) is 20.4. The fraction of sp³-hybridized carbons (Fsp3) is 0.500. The first-order chi connectivity index (χ1) is 14.2. The third-order valence-electron chi connectivity index (χ3n) is 3.82. The van der Waals surface area contributed by atoms with E-state index in [0.29, 0.717) is 0 Å². The number of nitrogens with two attached hydrogens (primary N) is 1. The second kappa shape index (κ2) is 13.6. The number of aliphatic hydroxyl groups excluding tert-OH is 2. The monoisotopic (exact) mass is 579 g/mol. The van der Waals surface area contributed by atoms with Crippen molar-refractivity contribution in [2.75, 3.05) is 12.3 Å². The van der Waals surface area contributed by atoms with Gasteiger partial charge in [-0.2, -0.15) is 8.62 Å². The van der Waals surface area contributed by atoms with Gasteiger partial charge in [0.05, 0.1) is 12.9 Å². The number of hydrogen-bond donors (Lipinski definition) is 7. The number of phosphoric ester groups is 1. The number of fused-ring (bicyclic) bond motifs is 1. The van der Waals surface area contributed by atoms with E-state index >= 15 is 0 Å². The van der Waals surface area contributed by atoms with Crippen LogP contribution in [-0.2, 0) is 31.6 Å². The Morgan fingerprint density at radius 1 is 1.00 bits per heavy atom. The maximum absolute atomic E-state index is 11.8. The van der Waals surface area contributed by atoms with E-state index in [4.69, 9.17) is 25.2 Å². The Morgan fingerprint density at radius 2 is 1.62 bits per heavy atom. The third kappa shape index (κ3) is 9.13. The minimum Gasteiger partial charge on any atom is -1.00 e. The summed E-state index contributed by atoms with van der Waals surface area (Å²) in [7, 11) is -16.7. The van der Waals surface area contributed by atoms with Crippen LogP contribution in [0.4, 0.5) is 5.82 Å². The average molecular weight is 579 g/mol. The number of nitrogens with zero attached hydrogens (tertiary/aromatic N) is 4. The van der Waals surface area contributed by atoms with Crippen molar-refractivity contribution in [1.82, 2.24) is 19.5 Å². The summed E-state index contributed by atoms with van der Waals surface area (Å²) >= 11 is 0. The molecule has 0 radical (unpaired) electrons. The summed E-state index contributed by atoms with van der Waals surface area (Å²) in [6.07, 6.45) is -3.69. The molecule has 0 bridgehead atoms. The van der Waals surface area contributed by atoms with Gasteiger partial charge in [-0.25, -0.2) is 28.6 Å². The van der Waals surface area contributed by atoms with Gasteiger partial charge in [0.15, 0.2) is 17.7 Å². The van der Waals surface area contributed by atoms with Gasteiger partial charge in [-0.15, -0.1) is 0 Å². The molecule has 0 amide bonds. The van der Waals surface area contributed by atoms with Crippen molar-refractivity contribution in [2.24, 2.45) is 0 Å². The van der Waals surface area contributed by atoms with Crippen molar-refractivity contribution in [2.45, 2.75) is 24.5 Å². The van der Waals surface area contributed by atoms with E-state index < -0.39 is 54.6 Å². The van der Waals surface area contributed by atoms with Gasteiger partial charge in [0, 0.05) is 0 Å². The van der Waals surface area contributed by atoms with E-state index in [-0.39, 0.29) is 110 Å². The molecular weight excluding hydrogens is 560 g/mol. The smallest absolute Gasteiger partial charge is 1.00 e. The molecule has 34 heavy (non-hydrogen) atoms. The number of anilines is 1. The molecule has 1 aliphatic rings. The average Bonchev–Trinajstić information content (AvgIpc) is 3.13. The first-order valence-electron chi connectivity index (χ1n) is 7.92. The summed E-state index contributed by atoms with van der Waals surface area (Å²) in [5.74, 6) is 0.0426. The molecule has 3 heterocycles. The summed E-state index contributed by atoms with van der Waals surface area (Å²) < 4.78 is 51.9. The Kier molecular flexibility index (Phi) is 14.3. The molecule has 1 aliphatic heterocycles. The molecule has 18 nitrogen and oxygen atoms in total. The van der Waals surface area contributed by atoms with Crippen molar-refractivity contribution < 1.29 is 154 Å². The first kappa shape index (κ1) is 35.6. The predicted molar refractivity (Wildman–Crippen MR) is 98.8 cm³/mol. The summed E-state index contributed by atoms with van der Waals surface area (Å²) in [5.41, 5.74) is 6.00. The second-order valence-corrected chi connectivity index (χ2v) is 10.4. The Balaban J connectivity index is -0.000000907. The molecule has 2 aromatic heterocycles. The molecular formula is C10H19N5Na3O13P3. The Morgan fingerprint density at radius 3 is 2.21 bits per heavy atom. The molecule has 0 saturated carbocycles. The van der Waals surface area contributed by atoms with Gasteiger partial charge in [0.1, 0.15) is 30.2 Å². The van der Waals surface area contributed by atoms with Crippen LogP contribution in [0.2, 0.25) is 0 Å². The Bertz CT molecular complexity index is 1130. The summed E-state index contributed by atoms with van der Waals surface area (Å²) in [6, 6.07) is 0. The second-order valence-electron chi connectivity index (χ2n) is 6.02. The zero-order valence-corrected chi connectivity index (χ0v) is 26.6. The molecule has 8 N–H and O–H groups in total. The van der Waals surface area contributed by atoms with E-state index in [1.54, 1.807) is 0 Å². The van der Waals surface area contributed by atoms with Gasteiger partial charge in [-0.05, 0) is 0 Å². The number of hydrogen-bond acceptors (Lipinski definition) is 13. The van der Waals surface area contributed by atoms with E-state index in [2.05, 4.69) is 28.1 Å². The zero-order valence-electron chi connectivity index (χ0n) is 20.9. The molecule has 24 heteroatoms. The quantitative estimate of drug-likeness (QED) is 0.113. The Hall–Kier alpha value is 1.64. The van der Waals surface area contributed by atoms with Gasteiger partial charge in [-0.3, -0.25) is 9.09 Å². The minimum atomic E-state index is -5.70. The molecule has 2 aromatic rings. The maximum atomic E-state index is 11.8. The van der Waals surface area contributed by atoms with Crippen LogP contribution in [0.3, 0.4) is 0 Å². The number of nitrogen functional groups attached to an aromatic ring is 1. The van der Waals surface area contributed by atoms with Crippen molar-refractivity contribution in [3.63, 3.8) is 0 Å². The van der Waals surface area contributed by atoms with Gasteiger partial charge in [-0.1, -0.05) is 0 Å². The zero-order chi connectivity index (χ0) is 23.2.